The van der Waals surface area contributed by atoms with Crippen LogP contribution in [0, 0.1) is 0 Å². The van der Waals surface area contributed by atoms with Crippen molar-refractivity contribution in [3.63, 3.8) is 0 Å². The average Bonchev–Trinajstić information content (AvgIpc) is 3.41. The lowest BCUT2D eigenvalue weighted by Crippen LogP contribution is -2.30. The molecular formula is C69H118O6. The number of allylic oxidation sites excluding steroid dienone is 16. The van der Waals surface area contributed by atoms with Crippen molar-refractivity contribution in [2.24, 2.45) is 0 Å². The van der Waals surface area contributed by atoms with Gasteiger partial charge in [-0.15, -0.1) is 0 Å². The summed E-state index contributed by atoms with van der Waals surface area (Å²) in [5.74, 6) is -0.896. The Morgan fingerprint density at radius 1 is 0.280 bits per heavy atom. The van der Waals surface area contributed by atoms with E-state index in [1.165, 1.54) is 154 Å². The van der Waals surface area contributed by atoms with Gasteiger partial charge in [0.05, 0.1) is 0 Å². The van der Waals surface area contributed by atoms with E-state index >= 15 is 0 Å². The molecule has 0 bridgehead atoms. The first-order chi connectivity index (χ1) is 37.0. The monoisotopic (exact) mass is 1040 g/mol. The number of rotatable bonds is 57. The van der Waals surface area contributed by atoms with Gasteiger partial charge in [-0.3, -0.25) is 14.4 Å². The SMILES string of the molecule is CC/C=C\C/C=C\C/C=C\C/C=C\C/C=C\CCCCCCCCCCCCCC(=O)OCC(COC(=O)CCCCCCC/C=C\CCCCC)OC(=O)CCCCCCCCC/C=C\C/C=C\CCCCCC. The third-order valence-electron chi connectivity index (χ3n) is 13.5. The quantitative estimate of drug-likeness (QED) is 0.0261. The molecule has 0 heterocycles. The summed E-state index contributed by atoms with van der Waals surface area (Å²) in [5.41, 5.74) is 0. The number of hydrogen-bond donors (Lipinski definition) is 0. The molecule has 6 heteroatoms. The van der Waals surface area contributed by atoms with Gasteiger partial charge in [-0.2, -0.15) is 0 Å². The molecule has 0 N–H and O–H groups in total. The minimum atomic E-state index is -0.787. The van der Waals surface area contributed by atoms with Gasteiger partial charge in [0.25, 0.3) is 0 Å². The van der Waals surface area contributed by atoms with Crippen LogP contribution in [0.25, 0.3) is 0 Å². The molecule has 75 heavy (non-hydrogen) atoms. The lowest BCUT2D eigenvalue weighted by Gasteiger charge is -2.18. The normalized spacial score (nSPS) is 12.7. The molecule has 0 spiro atoms. The van der Waals surface area contributed by atoms with Crippen LogP contribution in [0.3, 0.4) is 0 Å². The minimum Gasteiger partial charge on any atom is -0.462 e. The fraction of sp³-hybridized carbons (Fsp3) is 0.725. The van der Waals surface area contributed by atoms with Crippen LogP contribution < -0.4 is 0 Å². The van der Waals surface area contributed by atoms with Crippen LogP contribution in [-0.2, 0) is 28.6 Å². The topological polar surface area (TPSA) is 78.9 Å². The second-order valence-electron chi connectivity index (χ2n) is 20.9. The van der Waals surface area contributed by atoms with Crippen molar-refractivity contribution in [3.8, 4) is 0 Å². The third kappa shape index (κ3) is 61.1. The number of hydrogen-bond acceptors (Lipinski definition) is 6. The molecule has 0 aromatic carbocycles. The minimum absolute atomic E-state index is 0.0840. The van der Waals surface area contributed by atoms with Gasteiger partial charge < -0.3 is 14.2 Å². The molecule has 0 aliphatic carbocycles. The van der Waals surface area contributed by atoms with Gasteiger partial charge in [-0.25, -0.2) is 0 Å². The van der Waals surface area contributed by atoms with Gasteiger partial charge in [0, 0.05) is 19.3 Å². The summed E-state index contributed by atoms with van der Waals surface area (Å²) < 4.78 is 16.9. The van der Waals surface area contributed by atoms with Gasteiger partial charge in [-0.05, 0) is 122 Å². The van der Waals surface area contributed by atoms with Crippen LogP contribution in [0.5, 0.6) is 0 Å². The zero-order valence-corrected chi connectivity index (χ0v) is 49.3. The van der Waals surface area contributed by atoms with Crippen molar-refractivity contribution in [1.82, 2.24) is 0 Å². The Balaban J connectivity index is 4.29. The standard InChI is InChI=1S/C69H118O6/c1-4-7-10-13-16-19-22-25-27-29-31-32-33-34-35-36-37-38-39-41-42-44-47-50-53-56-59-62-68(71)74-65-66(64-73-67(70)61-58-55-52-49-46-24-21-18-15-12-9-6-3)75-69(72)63-60-57-54-51-48-45-43-40-30-28-26-23-20-17-14-11-8-5-2/h7,10,16,18-21,23,25,27-28,30-32,34-35,66H,4-6,8-9,11-15,17,22,24,26,29,33,36-65H2,1-3H3/b10-7-,19-16-,21-18-,23-20-,27-25-,30-28-,32-31-,35-34-. The molecule has 0 rings (SSSR count). The first-order valence-corrected chi connectivity index (χ1v) is 31.7. The van der Waals surface area contributed by atoms with E-state index in [1.807, 2.05) is 0 Å². The molecular weight excluding hydrogens is 925 g/mol. The largest absolute Gasteiger partial charge is 0.462 e. The van der Waals surface area contributed by atoms with E-state index in [2.05, 4.69) is 118 Å². The molecule has 6 nitrogen and oxygen atoms in total. The zero-order valence-electron chi connectivity index (χ0n) is 49.3. The summed E-state index contributed by atoms with van der Waals surface area (Å²) in [7, 11) is 0. The highest BCUT2D eigenvalue weighted by Gasteiger charge is 2.19. The summed E-state index contributed by atoms with van der Waals surface area (Å²) in [4.78, 5) is 38.3. The van der Waals surface area contributed by atoms with E-state index in [-0.39, 0.29) is 31.1 Å². The first-order valence-electron chi connectivity index (χ1n) is 31.7. The zero-order chi connectivity index (χ0) is 54.3. The molecule has 430 valence electrons. The lowest BCUT2D eigenvalue weighted by atomic mass is 10.0. The molecule has 0 aliphatic rings. The summed E-state index contributed by atoms with van der Waals surface area (Å²) in [5, 5.41) is 0. The van der Waals surface area contributed by atoms with Crippen LogP contribution in [-0.4, -0.2) is 37.2 Å². The number of ether oxygens (including phenoxy) is 3. The highest BCUT2D eigenvalue weighted by Crippen LogP contribution is 2.16. The van der Waals surface area contributed by atoms with E-state index in [0.29, 0.717) is 19.3 Å². The highest BCUT2D eigenvalue weighted by atomic mass is 16.6. The van der Waals surface area contributed by atoms with E-state index in [0.717, 1.165) is 109 Å². The van der Waals surface area contributed by atoms with Crippen LogP contribution in [0.15, 0.2) is 97.2 Å². The second-order valence-corrected chi connectivity index (χ2v) is 20.9. The molecule has 0 aromatic heterocycles. The molecule has 0 radical (unpaired) electrons. The Morgan fingerprint density at radius 3 is 0.853 bits per heavy atom. The summed E-state index contributed by atoms with van der Waals surface area (Å²) in [6.45, 7) is 6.49. The van der Waals surface area contributed by atoms with Crippen LogP contribution >= 0.6 is 0 Å². The number of carbonyl (C=O) groups is 3. The van der Waals surface area contributed by atoms with Gasteiger partial charge in [0.15, 0.2) is 6.10 Å². The van der Waals surface area contributed by atoms with Crippen LogP contribution in [0.1, 0.15) is 303 Å². The Bertz CT molecular complexity index is 1480. The number of carbonyl (C=O) groups excluding carboxylic acids is 3. The predicted molar refractivity (Wildman–Crippen MR) is 325 cm³/mol. The third-order valence-corrected chi connectivity index (χ3v) is 13.5. The second kappa shape index (κ2) is 62.9. The van der Waals surface area contributed by atoms with Gasteiger partial charge in [0.1, 0.15) is 13.2 Å². The summed E-state index contributed by atoms with van der Waals surface area (Å²) >= 11 is 0. The Kier molecular flexibility index (Phi) is 59.8. The predicted octanol–water partition coefficient (Wildman–Crippen LogP) is 21.7. The fourth-order valence-corrected chi connectivity index (χ4v) is 8.79. The van der Waals surface area contributed by atoms with Gasteiger partial charge >= 0.3 is 17.9 Å². The smallest absolute Gasteiger partial charge is 0.306 e. The molecule has 1 atom stereocenters. The number of esters is 3. The average molecular weight is 1040 g/mol. The molecule has 0 saturated heterocycles. The molecule has 0 amide bonds. The van der Waals surface area contributed by atoms with Crippen LogP contribution in [0.4, 0.5) is 0 Å². The van der Waals surface area contributed by atoms with Crippen molar-refractivity contribution in [2.75, 3.05) is 13.2 Å². The maximum absolute atomic E-state index is 12.9. The van der Waals surface area contributed by atoms with E-state index in [4.69, 9.17) is 14.2 Å². The molecule has 1 unspecified atom stereocenters. The summed E-state index contributed by atoms with van der Waals surface area (Å²) in [6.07, 6.45) is 84.1. The van der Waals surface area contributed by atoms with E-state index < -0.39 is 6.10 Å². The van der Waals surface area contributed by atoms with Crippen molar-refractivity contribution in [3.05, 3.63) is 97.2 Å². The Morgan fingerprint density at radius 2 is 0.520 bits per heavy atom. The Hall–Kier alpha value is -3.67. The van der Waals surface area contributed by atoms with Crippen molar-refractivity contribution < 1.29 is 28.6 Å². The van der Waals surface area contributed by atoms with E-state index in [9.17, 15) is 14.4 Å². The maximum atomic E-state index is 12.9. The highest BCUT2D eigenvalue weighted by molar-refractivity contribution is 5.71. The lowest BCUT2D eigenvalue weighted by molar-refractivity contribution is -0.167. The molecule has 0 fully saturated rings. The first kappa shape index (κ1) is 71.3. The van der Waals surface area contributed by atoms with Gasteiger partial charge in [0.2, 0.25) is 0 Å². The van der Waals surface area contributed by atoms with Crippen molar-refractivity contribution in [1.29, 1.82) is 0 Å². The van der Waals surface area contributed by atoms with E-state index in [1.54, 1.807) is 0 Å². The number of unbranched alkanes of at least 4 members (excludes halogenated alkanes) is 30. The van der Waals surface area contributed by atoms with Crippen molar-refractivity contribution in [2.45, 2.75) is 309 Å². The van der Waals surface area contributed by atoms with Crippen molar-refractivity contribution >= 4 is 17.9 Å². The maximum Gasteiger partial charge on any atom is 0.306 e. The molecule has 0 aliphatic heterocycles. The van der Waals surface area contributed by atoms with Crippen LogP contribution in [0.2, 0.25) is 0 Å². The molecule has 0 aromatic rings. The Labute approximate surface area is 464 Å². The summed E-state index contributed by atoms with van der Waals surface area (Å²) in [6, 6.07) is 0. The van der Waals surface area contributed by atoms with Gasteiger partial charge in [-0.1, -0.05) is 259 Å². The fourth-order valence-electron chi connectivity index (χ4n) is 8.79. The molecule has 0 saturated carbocycles.